The van der Waals surface area contributed by atoms with Crippen molar-refractivity contribution in [3.8, 4) is 11.4 Å². The summed E-state index contributed by atoms with van der Waals surface area (Å²) in [7, 11) is 0. The Balaban J connectivity index is 0.989. The number of nitrogens with zero attached hydrogens (tertiary/aromatic N) is 4. The maximum atomic E-state index is 13.0. The van der Waals surface area contributed by atoms with E-state index in [-0.39, 0.29) is 25.0 Å². The van der Waals surface area contributed by atoms with Crippen molar-refractivity contribution in [1.82, 2.24) is 19.6 Å². The van der Waals surface area contributed by atoms with E-state index in [1.807, 2.05) is 83.9 Å². The van der Waals surface area contributed by atoms with Crippen LogP contribution >= 0.6 is 45.9 Å². The van der Waals surface area contributed by atoms with Gasteiger partial charge in [-0.05, 0) is 50.2 Å². The SMILES string of the molecule is Cc1nn(-c2ccccc2)c2sc(C(=O)OC[C@H]3[C@H](COC(=O)c4cc5c(C)nn(-c6ccccc6)c5s4)C3(Cl)Cl)cc12. The Labute approximate surface area is 264 Å². The minimum atomic E-state index is -1.16. The third-order valence-electron chi connectivity index (χ3n) is 7.65. The van der Waals surface area contributed by atoms with E-state index in [2.05, 4.69) is 10.2 Å². The van der Waals surface area contributed by atoms with Gasteiger partial charge in [-0.15, -0.1) is 45.9 Å². The van der Waals surface area contributed by atoms with Crippen LogP contribution in [-0.4, -0.2) is 49.0 Å². The number of aryl methyl sites for hydroxylation is 2. The van der Waals surface area contributed by atoms with Crippen LogP contribution in [0.25, 0.3) is 31.8 Å². The first kappa shape index (κ1) is 28.1. The summed E-state index contributed by atoms with van der Waals surface area (Å²) in [6, 6.07) is 23.1. The van der Waals surface area contributed by atoms with Crippen LogP contribution < -0.4 is 0 Å². The molecule has 0 saturated heterocycles. The van der Waals surface area contributed by atoms with Crippen molar-refractivity contribution in [3.05, 3.63) is 93.9 Å². The molecule has 0 spiro atoms. The van der Waals surface area contributed by atoms with Crippen molar-refractivity contribution in [2.75, 3.05) is 13.2 Å². The number of halogens is 2. The third-order valence-corrected chi connectivity index (χ3v) is 10.9. The van der Waals surface area contributed by atoms with E-state index in [0.717, 1.165) is 43.2 Å². The van der Waals surface area contributed by atoms with Crippen molar-refractivity contribution in [2.24, 2.45) is 11.8 Å². The summed E-state index contributed by atoms with van der Waals surface area (Å²) < 4.78 is 13.7. The number of alkyl halides is 2. The lowest BCUT2D eigenvalue weighted by atomic mass is 10.3. The van der Waals surface area contributed by atoms with Crippen molar-refractivity contribution >= 4 is 78.2 Å². The molecule has 2 atom stereocenters. The maximum Gasteiger partial charge on any atom is 0.348 e. The van der Waals surface area contributed by atoms with Gasteiger partial charge in [0.1, 0.15) is 23.7 Å². The van der Waals surface area contributed by atoms with Crippen molar-refractivity contribution in [2.45, 2.75) is 18.2 Å². The van der Waals surface area contributed by atoms with Gasteiger partial charge in [0.15, 0.2) is 0 Å². The molecule has 0 aliphatic heterocycles. The van der Waals surface area contributed by atoms with Gasteiger partial charge in [-0.2, -0.15) is 10.2 Å². The number of esters is 2. The molecule has 2 aromatic carbocycles. The summed E-state index contributed by atoms with van der Waals surface area (Å²) in [5.41, 5.74) is 3.47. The molecule has 6 aromatic rings. The number of aromatic nitrogens is 4. The summed E-state index contributed by atoms with van der Waals surface area (Å²) in [6.45, 7) is 3.85. The molecular weight excluding hydrogens is 627 g/mol. The first-order valence-electron chi connectivity index (χ1n) is 13.5. The molecular formula is C31H24Cl2N4O4S2. The van der Waals surface area contributed by atoms with Crippen LogP contribution in [0.4, 0.5) is 0 Å². The molecule has 1 saturated carbocycles. The van der Waals surface area contributed by atoms with Crippen LogP contribution in [0, 0.1) is 25.7 Å². The fourth-order valence-electron chi connectivity index (χ4n) is 5.17. The number of carbonyl (C=O) groups is 2. The second-order valence-electron chi connectivity index (χ2n) is 10.4. The molecule has 1 aliphatic carbocycles. The van der Waals surface area contributed by atoms with Gasteiger partial charge >= 0.3 is 11.9 Å². The van der Waals surface area contributed by atoms with Crippen molar-refractivity contribution in [3.63, 3.8) is 0 Å². The lowest BCUT2D eigenvalue weighted by molar-refractivity contribution is 0.0425. The largest absolute Gasteiger partial charge is 0.461 e. The van der Waals surface area contributed by atoms with Crippen LogP contribution in [0.3, 0.4) is 0 Å². The van der Waals surface area contributed by atoms with E-state index >= 15 is 0 Å². The average Bonchev–Trinajstić information content (AvgIpc) is 3.58. The van der Waals surface area contributed by atoms with Crippen LogP contribution in [0.5, 0.6) is 0 Å². The second kappa shape index (κ2) is 10.8. The molecule has 218 valence electrons. The molecule has 12 heteroatoms. The molecule has 0 N–H and O–H groups in total. The zero-order valence-electron chi connectivity index (χ0n) is 23.0. The highest BCUT2D eigenvalue weighted by Gasteiger charge is 2.64. The summed E-state index contributed by atoms with van der Waals surface area (Å²) in [4.78, 5) is 28.6. The van der Waals surface area contributed by atoms with Crippen LogP contribution in [0.1, 0.15) is 30.7 Å². The number of rotatable bonds is 8. The van der Waals surface area contributed by atoms with Gasteiger partial charge in [0.2, 0.25) is 0 Å². The van der Waals surface area contributed by atoms with E-state index in [0.29, 0.717) is 9.75 Å². The lowest BCUT2D eigenvalue weighted by Crippen LogP contribution is -2.10. The molecule has 0 radical (unpaired) electrons. The molecule has 0 bridgehead atoms. The predicted molar refractivity (Wildman–Crippen MR) is 169 cm³/mol. The molecule has 1 aliphatic rings. The molecule has 0 amide bonds. The molecule has 8 nitrogen and oxygen atoms in total. The van der Waals surface area contributed by atoms with Gasteiger partial charge in [0.05, 0.1) is 36.0 Å². The Hall–Kier alpha value is -3.70. The Kier molecular flexibility index (Phi) is 7.04. The first-order valence-corrected chi connectivity index (χ1v) is 15.9. The lowest BCUT2D eigenvalue weighted by Gasteiger charge is -2.04. The fourth-order valence-corrected chi connectivity index (χ4v) is 8.06. The number of thiophene rings is 2. The minimum Gasteiger partial charge on any atom is -0.461 e. The highest BCUT2D eigenvalue weighted by molar-refractivity contribution is 7.20. The number of fused-ring (bicyclic) bond motifs is 2. The number of carbonyl (C=O) groups excluding carboxylic acids is 2. The van der Waals surface area contributed by atoms with Gasteiger partial charge in [0, 0.05) is 22.6 Å². The Morgan fingerprint density at radius 2 is 1.14 bits per heavy atom. The Morgan fingerprint density at radius 1 is 0.744 bits per heavy atom. The highest BCUT2D eigenvalue weighted by Crippen LogP contribution is 2.59. The van der Waals surface area contributed by atoms with Crippen LogP contribution in [-0.2, 0) is 9.47 Å². The Morgan fingerprint density at radius 3 is 1.53 bits per heavy atom. The summed E-state index contributed by atoms with van der Waals surface area (Å²) in [6.07, 6.45) is 0. The van der Waals surface area contributed by atoms with Gasteiger partial charge in [0.25, 0.3) is 0 Å². The van der Waals surface area contributed by atoms with Crippen LogP contribution in [0.2, 0.25) is 0 Å². The molecule has 7 rings (SSSR count). The van der Waals surface area contributed by atoms with Gasteiger partial charge in [-0.3, -0.25) is 0 Å². The van der Waals surface area contributed by atoms with E-state index < -0.39 is 16.3 Å². The third kappa shape index (κ3) is 5.02. The maximum absolute atomic E-state index is 13.0. The smallest absolute Gasteiger partial charge is 0.348 e. The second-order valence-corrected chi connectivity index (χ2v) is 13.9. The standard InChI is InChI=1S/C31H24Cl2N4O4S2/c1-17-21-13-25(42-27(21)36(34-17)19-9-5-3-6-10-19)29(38)40-15-23-24(31(23,32)33)16-41-30(39)26-14-22-18(2)35-37(28(22)43-26)20-11-7-4-8-12-20/h3-14,23-24H,15-16H2,1-2H3/t23-,24-/m0/s1. The molecule has 0 unspecified atom stereocenters. The summed E-state index contributed by atoms with van der Waals surface area (Å²) in [5, 5.41) is 11.0. The van der Waals surface area contributed by atoms with E-state index in [1.54, 1.807) is 12.1 Å². The number of para-hydroxylation sites is 2. The number of hydrogen-bond acceptors (Lipinski definition) is 8. The van der Waals surface area contributed by atoms with Crippen LogP contribution in [0.15, 0.2) is 72.8 Å². The summed E-state index contributed by atoms with van der Waals surface area (Å²) in [5.74, 6) is -1.64. The number of ether oxygens (including phenoxy) is 2. The summed E-state index contributed by atoms with van der Waals surface area (Å²) >= 11 is 15.7. The zero-order valence-corrected chi connectivity index (χ0v) is 26.1. The minimum absolute atomic E-state index is 0.0150. The average molecular weight is 652 g/mol. The molecule has 43 heavy (non-hydrogen) atoms. The van der Waals surface area contributed by atoms with Gasteiger partial charge < -0.3 is 9.47 Å². The monoisotopic (exact) mass is 650 g/mol. The molecule has 4 heterocycles. The van der Waals surface area contributed by atoms with Gasteiger partial charge in [-0.1, -0.05) is 36.4 Å². The zero-order chi connectivity index (χ0) is 29.9. The van der Waals surface area contributed by atoms with Crippen molar-refractivity contribution in [1.29, 1.82) is 0 Å². The first-order chi connectivity index (χ1) is 20.7. The topological polar surface area (TPSA) is 88.2 Å². The van der Waals surface area contributed by atoms with Crippen molar-refractivity contribution < 1.29 is 19.1 Å². The van der Waals surface area contributed by atoms with E-state index in [9.17, 15) is 9.59 Å². The highest BCUT2D eigenvalue weighted by atomic mass is 35.5. The molecule has 4 aromatic heterocycles. The number of benzene rings is 2. The fraction of sp³-hybridized carbons (Fsp3) is 0.226. The quantitative estimate of drug-likeness (QED) is 0.125. The van der Waals surface area contributed by atoms with E-state index in [1.165, 1.54) is 22.7 Å². The molecule has 1 fully saturated rings. The van der Waals surface area contributed by atoms with Gasteiger partial charge in [-0.25, -0.2) is 19.0 Å². The normalized spacial score (nSPS) is 17.4. The van der Waals surface area contributed by atoms with E-state index in [4.69, 9.17) is 32.7 Å². The Bertz CT molecular complexity index is 1850. The number of hydrogen-bond donors (Lipinski definition) is 0. The predicted octanol–water partition coefficient (Wildman–Crippen LogP) is 7.54.